The summed E-state index contributed by atoms with van der Waals surface area (Å²) in [6.45, 7) is 7.31. The number of anilines is 1. The summed E-state index contributed by atoms with van der Waals surface area (Å²) in [7, 11) is 0. The van der Waals surface area contributed by atoms with Crippen molar-refractivity contribution in [1.29, 1.82) is 0 Å². The maximum atomic E-state index is 11.3. The van der Waals surface area contributed by atoms with Gasteiger partial charge in [-0.15, -0.1) is 13.2 Å². The zero-order valence-electron chi connectivity index (χ0n) is 10.0. The molecular weight excluding hydrogens is 230 g/mol. The minimum Gasteiger partial charge on any atom is -0.507 e. The SMILES string of the molecule is C=CCc1cc2c(c(CC=C)c1O)NC(=O)CO2. The number of benzene rings is 1. The summed E-state index contributed by atoms with van der Waals surface area (Å²) in [5, 5.41) is 12.9. The molecule has 1 aromatic rings. The normalized spacial score (nSPS) is 13.2. The number of carbonyl (C=O) groups is 1. The summed E-state index contributed by atoms with van der Waals surface area (Å²) in [5.41, 5.74) is 1.90. The van der Waals surface area contributed by atoms with Crippen LogP contribution in [0.25, 0.3) is 0 Å². The number of rotatable bonds is 4. The average Bonchev–Trinajstić information content (AvgIpc) is 2.35. The molecule has 0 saturated carbocycles. The van der Waals surface area contributed by atoms with Gasteiger partial charge in [0.05, 0.1) is 5.69 Å². The number of nitrogens with one attached hydrogen (secondary N) is 1. The molecule has 2 N–H and O–H groups in total. The molecular formula is C14H15NO3. The van der Waals surface area contributed by atoms with Crippen LogP contribution in [-0.4, -0.2) is 17.6 Å². The van der Waals surface area contributed by atoms with Crippen molar-refractivity contribution >= 4 is 11.6 Å². The number of amides is 1. The number of hydrogen-bond donors (Lipinski definition) is 2. The summed E-state index contributed by atoms with van der Waals surface area (Å²) in [5.74, 6) is 0.532. The summed E-state index contributed by atoms with van der Waals surface area (Å²) < 4.78 is 5.37. The zero-order valence-corrected chi connectivity index (χ0v) is 10.0. The Morgan fingerprint density at radius 2 is 2.11 bits per heavy atom. The van der Waals surface area contributed by atoms with Gasteiger partial charge in [-0.2, -0.15) is 0 Å². The van der Waals surface area contributed by atoms with Crippen LogP contribution >= 0.6 is 0 Å². The largest absolute Gasteiger partial charge is 0.507 e. The van der Waals surface area contributed by atoms with Crippen molar-refractivity contribution in [2.75, 3.05) is 11.9 Å². The van der Waals surface area contributed by atoms with E-state index in [4.69, 9.17) is 4.74 Å². The highest BCUT2D eigenvalue weighted by Crippen LogP contribution is 2.40. The van der Waals surface area contributed by atoms with Gasteiger partial charge in [-0.1, -0.05) is 12.2 Å². The van der Waals surface area contributed by atoms with E-state index in [0.717, 1.165) is 5.56 Å². The van der Waals surface area contributed by atoms with Gasteiger partial charge in [-0.05, 0) is 18.9 Å². The third-order valence-corrected chi connectivity index (χ3v) is 2.78. The Balaban J connectivity index is 2.58. The van der Waals surface area contributed by atoms with E-state index in [1.165, 1.54) is 0 Å². The van der Waals surface area contributed by atoms with Crippen molar-refractivity contribution in [3.63, 3.8) is 0 Å². The standard InChI is InChI=1S/C14H15NO3/c1-3-5-9-7-11-13(15-12(16)8-18-11)10(6-4-2)14(9)17/h3-4,7,17H,1-2,5-6,8H2,(H,15,16). The smallest absolute Gasteiger partial charge is 0.262 e. The monoisotopic (exact) mass is 245 g/mol. The van der Waals surface area contributed by atoms with Crippen LogP contribution in [0.15, 0.2) is 31.4 Å². The first-order chi connectivity index (χ1) is 8.67. The molecule has 4 heteroatoms. The lowest BCUT2D eigenvalue weighted by Gasteiger charge is -2.22. The molecule has 1 aromatic carbocycles. The second kappa shape index (κ2) is 4.96. The highest BCUT2D eigenvalue weighted by molar-refractivity contribution is 5.97. The van der Waals surface area contributed by atoms with E-state index in [9.17, 15) is 9.90 Å². The Labute approximate surface area is 106 Å². The Kier molecular flexibility index (Phi) is 3.37. The Morgan fingerprint density at radius 1 is 1.39 bits per heavy atom. The minimum absolute atomic E-state index is 0.00116. The second-order valence-corrected chi connectivity index (χ2v) is 4.06. The molecule has 0 saturated heterocycles. The summed E-state index contributed by atoms with van der Waals surface area (Å²) >= 11 is 0. The summed E-state index contributed by atoms with van der Waals surface area (Å²) in [4.78, 5) is 11.3. The maximum absolute atomic E-state index is 11.3. The lowest BCUT2D eigenvalue weighted by atomic mass is 10.00. The van der Waals surface area contributed by atoms with E-state index in [2.05, 4.69) is 18.5 Å². The van der Waals surface area contributed by atoms with Crippen LogP contribution in [-0.2, 0) is 17.6 Å². The lowest BCUT2D eigenvalue weighted by molar-refractivity contribution is -0.118. The molecule has 0 radical (unpaired) electrons. The lowest BCUT2D eigenvalue weighted by Crippen LogP contribution is -2.26. The number of ether oxygens (including phenoxy) is 1. The number of fused-ring (bicyclic) bond motifs is 1. The van der Waals surface area contributed by atoms with Gasteiger partial charge in [0.25, 0.3) is 5.91 Å². The molecule has 0 spiro atoms. The number of allylic oxidation sites excluding steroid dienone is 2. The van der Waals surface area contributed by atoms with Gasteiger partial charge in [0.2, 0.25) is 0 Å². The van der Waals surface area contributed by atoms with Crippen LogP contribution in [0.4, 0.5) is 5.69 Å². The van der Waals surface area contributed by atoms with Crippen LogP contribution < -0.4 is 10.1 Å². The average molecular weight is 245 g/mol. The molecule has 2 rings (SSSR count). The van der Waals surface area contributed by atoms with Gasteiger partial charge in [0, 0.05) is 11.1 Å². The van der Waals surface area contributed by atoms with Gasteiger partial charge >= 0.3 is 0 Å². The van der Waals surface area contributed by atoms with Crippen LogP contribution in [0.1, 0.15) is 11.1 Å². The third-order valence-electron chi connectivity index (χ3n) is 2.78. The van der Waals surface area contributed by atoms with Crippen LogP contribution in [0, 0.1) is 0 Å². The van der Waals surface area contributed by atoms with E-state index in [-0.39, 0.29) is 18.3 Å². The highest BCUT2D eigenvalue weighted by Gasteiger charge is 2.23. The van der Waals surface area contributed by atoms with E-state index >= 15 is 0 Å². The van der Waals surface area contributed by atoms with Crippen molar-refractivity contribution in [2.45, 2.75) is 12.8 Å². The van der Waals surface area contributed by atoms with Gasteiger partial charge in [-0.25, -0.2) is 0 Å². The van der Waals surface area contributed by atoms with Gasteiger partial charge in [-0.3, -0.25) is 4.79 Å². The number of hydrogen-bond acceptors (Lipinski definition) is 3. The third kappa shape index (κ3) is 2.09. The van der Waals surface area contributed by atoms with Gasteiger partial charge in [0.1, 0.15) is 11.5 Å². The van der Waals surface area contributed by atoms with Crippen LogP contribution in [0.2, 0.25) is 0 Å². The molecule has 1 heterocycles. The molecule has 0 aromatic heterocycles. The first-order valence-electron chi connectivity index (χ1n) is 5.69. The van der Waals surface area contributed by atoms with Crippen molar-refractivity contribution in [3.8, 4) is 11.5 Å². The maximum Gasteiger partial charge on any atom is 0.262 e. The van der Waals surface area contributed by atoms with Crippen molar-refractivity contribution in [1.82, 2.24) is 0 Å². The van der Waals surface area contributed by atoms with E-state index < -0.39 is 0 Å². The number of aromatic hydroxyl groups is 1. The molecule has 0 unspecified atom stereocenters. The molecule has 0 fully saturated rings. The molecule has 0 aliphatic carbocycles. The fourth-order valence-electron chi connectivity index (χ4n) is 1.98. The molecule has 1 amide bonds. The predicted octanol–water partition coefficient (Wildman–Crippen LogP) is 2.18. The molecule has 0 bridgehead atoms. The number of phenols is 1. The summed E-state index contributed by atoms with van der Waals surface area (Å²) in [6, 6.07) is 1.73. The quantitative estimate of drug-likeness (QED) is 0.799. The molecule has 1 aliphatic rings. The molecule has 94 valence electrons. The van der Waals surface area contributed by atoms with Gasteiger partial charge < -0.3 is 15.2 Å². The molecule has 0 atom stereocenters. The second-order valence-electron chi connectivity index (χ2n) is 4.06. The Morgan fingerprint density at radius 3 is 2.78 bits per heavy atom. The number of phenolic OH excluding ortho intramolecular Hbond substituents is 1. The predicted molar refractivity (Wildman–Crippen MR) is 70.0 cm³/mol. The fourth-order valence-corrected chi connectivity index (χ4v) is 1.98. The van der Waals surface area contributed by atoms with E-state index in [0.29, 0.717) is 29.8 Å². The van der Waals surface area contributed by atoms with Crippen molar-refractivity contribution in [3.05, 3.63) is 42.5 Å². The Hall–Kier alpha value is -2.23. The Bertz CT molecular complexity index is 520. The zero-order chi connectivity index (χ0) is 13.1. The minimum atomic E-state index is -0.219. The van der Waals surface area contributed by atoms with Crippen molar-refractivity contribution in [2.24, 2.45) is 0 Å². The molecule has 18 heavy (non-hydrogen) atoms. The van der Waals surface area contributed by atoms with E-state index in [1.807, 2.05) is 0 Å². The molecule has 4 nitrogen and oxygen atoms in total. The van der Waals surface area contributed by atoms with Crippen molar-refractivity contribution < 1.29 is 14.6 Å². The van der Waals surface area contributed by atoms with Gasteiger partial charge in [0.15, 0.2) is 6.61 Å². The topological polar surface area (TPSA) is 58.6 Å². The van der Waals surface area contributed by atoms with Crippen LogP contribution in [0.5, 0.6) is 11.5 Å². The fraction of sp³-hybridized carbons (Fsp3) is 0.214. The van der Waals surface area contributed by atoms with E-state index in [1.54, 1.807) is 18.2 Å². The first-order valence-corrected chi connectivity index (χ1v) is 5.69. The summed E-state index contributed by atoms with van der Waals surface area (Å²) in [6.07, 6.45) is 4.39. The molecule has 1 aliphatic heterocycles. The number of carbonyl (C=O) groups excluding carboxylic acids is 1. The highest BCUT2D eigenvalue weighted by atomic mass is 16.5. The van der Waals surface area contributed by atoms with Crippen LogP contribution in [0.3, 0.4) is 0 Å². The first kappa shape index (κ1) is 12.2.